The lowest BCUT2D eigenvalue weighted by Gasteiger charge is -2.33. The second kappa shape index (κ2) is 9.56. The van der Waals surface area contributed by atoms with Crippen molar-refractivity contribution >= 4 is 6.09 Å². The lowest BCUT2D eigenvalue weighted by atomic mass is 10.0. The van der Waals surface area contributed by atoms with Crippen molar-refractivity contribution in [3.63, 3.8) is 0 Å². The van der Waals surface area contributed by atoms with E-state index in [1.807, 2.05) is 39.0 Å². The van der Waals surface area contributed by atoms with E-state index in [0.717, 1.165) is 19.4 Å². The fraction of sp³-hybridized carbons (Fsp3) is 0.682. The number of β-amino-alcohol motifs (C(OH)–C–C–N with tert-alkyl or cyclic N) is 1. The molecule has 5 heteroatoms. The van der Waals surface area contributed by atoms with Crippen LogP contribution in [0.2, 0.25) is 0 Å². The van der Waals surface area contributed by atoms with Crippen molar-refractivity contribution in [3.05, 3.63) is 35.9 Å². The normalized spacial score (nSPS) is 22.0. The van der Waals surface area contributed by atoms with Gasteiger partial charge in [0.05, 0.1) is 12.6 Å². The third-order valence-electron chi connectivity index (χ3n) is 4.78. The van der Waals surface area contributed by atoms with Gasteiger partial charge in [-0.2, -0.15) is 0 Å². The van der Waals surface area contributed by atoms with Gasteiger partial charge in [0.2, 0.25) is 0 Å². The molecule has 1 aromatic carbocycles. The summed E-state index contributed by atoms with van der Waals surface area (Å²) in [7, 11) is 0. The summed E-state index contributed by atoms with van der Waals surface area (Å²) in [5, 5.41) is 10.6. The molecule has 0 aromatic heterocycles. The summed E-state index contributed by atoms with van der Waals surface area (Å²) in [6, 6.07) is 10.5. The molecule has 1 aliphatic heterocycles. The van der Waals surface area contributed by atoms with E-state index in [9.17, 15) is 9.90 Å². The summed E-state index contributed by atoms with van der Waals surface area (Å²) in [5.74, 6) is 0.603. The fourth-order valence-corrected chi connectivity index (χ4v) is 3.46. The van der Waals surface area contributed by atoms with Crippen LogP contribution in [0.15, 0.2) is 30.3 Å². The van der Waals surface area contributed by atoms with Crippen LogP contribution in [-0.4, -0.2) is 58.4 Å². The Labute approximate surface area is 164 Å². The molecule has 1 saturated heterocycles. The Bertz CT molecular complexity index is 583. The number of hydrogen-bond donors (Lipinski definition) is 1. The van der Waals surface area contributed by atoms with Gasteiger partial charge in [0, 0.05) is 25.7 Å². The van der Waals surface area contributed by atoms with Crippen LogP contribution in [0.4, 0.5) is 4.79 Å². The number of amides is 1. The van der Waals surface area contributed by atoms with E-state index in [-0.39, 0.29) is 12.1 Å². The minimum Gasteiger partial charge on any atom is -0.444 e. The molecule has 1 heterocycles. The minimum absolute atomic E-state index is 0.206. The van der Waals surface area contributed by atoms with Gasteiger partial charge in [-0.3, -0.25) is 4.90 Å². The number of aliphatic hydroxyl groups is 1. The van der Waals surface area contributed by atoms with E-state index in [1.165, 1.54) is 5.56 Å². The predicted octanol–water partition coefficient (Wildman–Crippen LogP) is 3.91. The fourth-order valence-electron chi connectivity index (χ4n) is 3.46. The third-order valence-corrected chi connectivity index (χ3v) is 4.78. The van der Waals surface area contributed by atoms with E-state index in [2.05, 4.69) is 30.9 Å². The van der Waals surface area contributed by atoms with Crippen molar-refractivity contribution in [1.82, 2.24) is 9.80 Å². The van der Waals surface area contributed by atoms with Gasteiger partial charge in [-0.15, -0.1) is 0 Å². The Kier molecular flexibility index (Phi) is 7.68. The van der Waals surface area contributed by atoms with Crippen molar-refractivity contribution in [1.29, 1.82) is 0 Å². The summed E-state index contributed by atoms with van der Waals surface area (Å²) in [4.78, 5) is 16.6. The number of carbonyl (C=O) groups is 1. The van der Waals surface area contributed by atoms with Gasteiger partial charge in [0.25, 0.3) is 0 Å². The lowest BCUT2D eigenvalue weighted by Crippen LogP contribution is -2.44. The van der Waals surface area contributed by atoms with Gasteiger partial charge in [0.1, 0.15) is 5.60 Å². The van der Waals surface area contributed by atoms with Crippen molar-refractivity contribution in [2.24, 2.45) is 5.92 Å². The molecule has 1 aromatic rings. The summed E-state index contributed by atoms with van der Waals surface area (Å²) in [5.41, 5.74) is 0.691. The zero-order valence-corrected chi connectivity index (χ0v) is 17.5. The standard InChI is InChI=1S/C22H36N2O3/c1-17(2)11-12-19-14-24(21(26)27-22(3,4)5)16-20(25)15-23(19)13-18-9-7-6-8-10-18/h6-10,17,19-20,25H,11-16H2,1-5H3/t19-,20-/m0/s1. The van der Waals surface area contributed by atoms with Gasteiger partial charge in [-0.25, -0.2) is 4.79 Å². The summed E-state index contributed by atoms with van der Waals surface area (Å²) >= 11 is 0. The molecule has 0 aliphatic carbocycles. The average molecular weight is 377 g/mol. The molecule has 0 unspecified atom stereocenters. The molecular weight excluding hydrogens is 340 g/mol. The maximum atomic E-state index is 12.6. The van der Waals surface area contributed by atoms with Crippen molar-refractivity contribution in [2.75, 3.05) is 19.6 Å². The van der Waals surface area contributed by atoms with E-state index < -0.39 is 11.7 Å². The number of benzene rings is 1. The molecule has 0 saturated carbocycles. The van der Waals surface area contributed by atoms with Crippen LogP contribution in [0, 0.1) is 5.92 Å². The number of nitrogens with zero attached hydrogens (tertiary/aromatic N) is 2. The molecule has 0 radical (unpaired) electrons. The highest BCUT2D eigenvalue weighted by Gasteiger charge is 2.33. The maximum Gasteiger partial charge on any atom is 0.410 e. The van der Waals surface area contributed by atoms with Gasteiger partial charge in [-0.05, 0) is 45.1 Å². The Balaban J connectivity index is 2.16. The smallest absolute Gasteiger partial charge is 0.410 e. The van der Waals surface area contributed by atoms with Crippen LogP contribution < -0.4 is 0 Å². The molecule has 152 valence electrons. The summed E-state index contributed by atoms with van der Waals surface area (Å²) in [6.07, 6.45) is 1.17. The highest BCUT2D eigenvalue weighted by Crippen LogP contribution is 2.21. The highest BCUT2D eigenvalue weighted by atomic mass is 16.6. The zero-order valence-electron chi connectivity index (χ0n) is 17.5. The number of ether oxygens (including phenoxy) is 1. The number of carbonyl (C=O) groups excluding carboxylic acids is 1. The minimum atomic E-state index is -0.578. The Morgan fingerprint density at radius 3 is 2.44 bits per heavy atom. The maximum absolute atomic E-state index is 12.6. The van der Waals surface area contributed by atoms with Crippen LogP contribution in [0.3, 0.4) is 0 Å². The Morgan fingerprint density at radius 1 is 1.19 bits per heavy atom. The van der Waals surface area contributed by atoms with Gasteiger partial charge >= 0.3 is 6.09 Å². The molecule has 0 bridgehead atoms. The van der Waals surface area contributed by atoms with E-state index >= 15 is 0 Å². The SMILES string of the molecule is CC(C)CC[C@H]1CN(C(=O)OC(C)(C)C)C[C@@H](O)CN1Cc1ccccc1. The van der Waals surface area contributed by atoms with Gasteiger partial charge < -0.3 is 14.7 Å². The molecule has 0 spiro atoms. The molecule has 27 heavy (non-hydrogen) atoms. The molecule has 1 fully saturated rings. The zero-order chi connectivity index (χ0) is 20.0. The quantitative estimate of drug-likeness (QED) is 0.847. The Morgan fingerprint density at radius 2 is 1.85 bits per heavy atom. The molecule has 1 amide bonds. The lowest BCUT2D eigenvalue weighted by molar-refractivity contribution is 0.0173. The first-order valence-electron chi connectivity index (χ1n) is 10.1. The number of rotatable bonds is 5. The largest absolute Gasteiger partial charge is 0.444 e. The first-order chi connectivity index (χ1) is 12.6. The highest BCUT2D eigenvalue weighted by molar-refractivity contribution is 5.68. The topological polar surface area (TPSA) is 53.0 Å². The Hall–Kier alpha value is -1.59. The van der Waals surface area contributed by atoms with Crippen LogP contribution in [-0.2, 0) is 11.3 Å². The first-order valence-corrected chi connectivity index (χ1v) is 10.1. The van der Waals surface area contributed by atoms with E-state index in [1.54, 1.807) is 4.90 Å². The van der Waals surface area contributed by atoms with E-state index in [0.29, 0.717) is 25.6 Å². The van der Waals surface area contributed by atoms with Crippen LogP contribution in [0.5, 0.6) is 0 Å². The molecular formula is C22H36N2O3. The monoisotopic (exact) mass is 376 g/mol. The molecule has 2 rings (SSSR count). The third kappa shape index (κ3) is 7.51. The summed E-state index contributed by atoms with van der Waals surface area (Å²) in [6.45, 7) is 12.3. The van der Waals surface area contributed by atoms with E-state index in [4.69, 9.17) is 4.74 Å². The van der Waals surface area contributed by atoms with Crippen molar-refractivity contribution in [2.45, 2.75) is 71.8 Å². The van der Waals surface area contributed by atoms with Crippen LogP contribution in [0.25, 0.3) is 0 Å². The first kappa shape index (κ1) is 21.7. The predicted molar refractivity (Wildman–Crippen MR) is 109 cm³/mol. The average Bonchev–Trinajstić information content (AvgIpc) is 2.71. The molecule has 1 N–H and O–H groups in total. The number of aliphatic hydroxyl groups excluding tert-OH is 1. The van der Waals surface area contributed by atoms with Crippen molar-refractivity contribution < 1.29 is 14.6 Å². The number of hydrogen-bond acceptors (Lipinski definition) is 4. The van der Waals surface area contributed by atoms with Gasteiger partial charge in [0.15, 0.2) is 0 Å². The molecule has 2 atom stereocenters. The molecule has 5 nitrogen and oxygen atoms in total. The van der Waals surface area contributed by atoms with Gasteiger partial charge in [-0.1, -0.05) is 44.2 Å². The van der Waals surface area contributed by atoms with Crippen LogP contribution >= 0.6 is 0 Å². The molecule has 1 aliphatic rings. The second-order valence-electron chi connectivity index (χ2n) is 9.08. The van der Waals surface area contributed by atoms with Crippen LogP contribution in [0.1, 0.15) is 53.0 Å². The second-order valence-corrected chi connectivity index (χ2v) is 9.08. The summed E-state index contributed by atoms with van der Waals surface area (Å²) < 4.78 is 5.57. The van der Waals surface area contributed by atoms with Crippen molar-refractivity contribution in [3.8, 4) is 0 Å².